The molecule has 1 rings (SSSR count). The van der Waals surface area contributed by atoms with E-state index >= 15 is 0 Å². The topological polar surface area (TPSA) is 18.5 Å². The molecule has 1 aromatic carbocycles. The van der Waals surface area contributed by atoms with Gasteiger partial charge in [-0.1, -0.05) is 36.4 Å². The van der Waals surface area contributed by atoms with Gasteiger partial charge in [-0.15, -0.1) is 0 Å². The summed E-state index contributed by atoms with van der Waals surface area (Å²) in [6.07, 6.45) is 1.80. The molecular weight excluding hydrogens is 176 g/mol. The van der Waals surface area contributed by atoms with Crippen molar-refractivity contribution in [2.24, 2.45) is 0 Å². The Balaban J connectivity index is 2.77. The van der Waals surface area contributed by atoms with Gasteiger partial charge in [0.15, 0.2) is 6.29 Å². The van der Waals surface area contributed by atoms with Crippen molar-refractivity contribution in [1.29, 1.82) is 0 Å². The molecule has 2 nitrogen and oxygen atoms in total. The van der Waals surface area contributed by atoms with E-state index in [-0.39, 0.29) is 6.29 Å². The van der Waals surface area contributed by atoms with Gasteiger partial charge < -0.3 is 9.47 Å². The lowest BCUT2D eigenvalue weighted by atomic mass is 10.1. The molecule has 0 saturated carbocycles. The van der Waals surface area contributed by atoms with Gasteiger partial charge in [-0.2, -0.15) is 0 Å². The summed E-state index contributed by atoms with van der Waals surface area (Å²) in [5, 5.41) is 0. The third-order valence-corrected chi connectivity index (χ3v) is 1.99. The molecule has 0 aromatic heterocycles. The number of ether oxygens (including phenoxy) is 2. The summed E-state index contributed by atoms with van der Waals surface area (Å²) in [7, 11) is 3.27. The number of benzene rings is 1. The number of hydrogen-bond acceptors (Lipinski definition) is 2. The molecule has 76 valence electrons. The molecule has 1 aromatic rings. The third-order valence-electron chi connectivity index (χ3n) is 1.99. The van der Waals surface area contributed by atoms with Gasteiger partial charge in [0.1, 0.15) is 0 Å². The first-order valence-electron chi connectivity index (χ1n) is 4.56. The van der Waals surface area contributed by atoms with E-state index in [0.717, 1.165) is 11.1 Å². The molecule has 0 aliphatic rings. The van der Waals surface area contributed by atoms with Crippen LogP contribution in [0.4, 0.5) is 0 Å². The summed E-state index contributed by atoms with van der Waals surface area (Å²) in [5.41, 5.74) is 2.21. The van der Waals surface area contributed by atoms with Crippen LogP contribution in [0.15, 0.2) is 35.9 Å². The highest BCUT2D eigenvalue weighted by Gasteiger charge is 2.06. The molecule has 0 heterocycles. The van der Waals surface area contributed by atoms with Crippen molar-refractivity contribution in [2.75, 3.05) is 14.2 Å². The summed E-state index contributed by atoms with van der Waals surface area (Å²) in [6, 6.07) is 10.1. The molecule has 0 fully saturated rings. The van der Waals surface area contributed by atoms with E-state index in [9.17, 15) is 0 Å². The van der Waals surface area contributed by atoms with E-state index in [1.807, 2.05) is 37.3 Å². The van der Waals surface area contributed by atoms with Gasteiger partial charge in [0.05, 0.1) is 0 Å². The van der Waals surface area contributed by atoms with E-state index < -0.39 is 0 Å². The zero-order valence-corrected chi connectivity index (χ0v) is 8.86. The summed E-state index contributed by atoms with van der Waals surface area (Å²) in [6.45, 7) is 1.99. The van der Waals surface area contributed by atoms with Crippen LogP contribution >= 0.6 is 0 Å². The minimum absolute atomic E-state index is 0.254. The normalized spacial score (nSPS) is 12.1. The Bertz CT molecular complexity index is 286. The van der Waals surface area contributed by atoms with Crippen LogP contribution in [0.2, 0.25) is 0 Å². The predicted octanol–water partition coefficient (Wildman–Crippen LogP) is 2.71. The summed E-state index contributed by atoms with van der Waals surface area (Å²) >= 11 is 0. The Morgan fingerprint density at radius 2 is 1.71 bits per heavy atom. The van der Waals surface area contributed by atoms with Crippen molar-refractivity contribution in [3.63, 3.8) is 0 Å². The molecule has 0 N–H and O–H groups in total. The minimum atomic E-state index is -0.254. The highest BCUT2D eigenvalue weighted by atomic mass is 16.7. The Kier molecular flexibility index (Phi) is 4.36. The summed E-state index contributed by atoms with van der Waals surface area (Å²) in [4.78, 5) is 0. The maximum atomic E-state index is 5.14. The maximum absolute atomic E-state index is 5.14. The van der Waals surface area contributed by atoms with Gasteiger partial charge in [0, 0.05) is 14.2 Å². The van der Waals surface area contributed by atoms with Crippen molar-refractivity contribution in [3.8, 4) is 0 Å². The van der Waals surface area contributed by atoms with Crippen molar-refractivity contribution < 1.29 is 9.47 Å². The second kappa shape index (κ2) is 5.58. The van der Waals surface area contributed by atoms with Gasteiger partial charge in [-0.05, 0) is 18.1 Å². The zero-order chi connectivity index (χ0) is 10.4. The van der Waals surface area contributed by atoms with Crippen molar-refractivity contribution >= 4 is 6.08 Å². The average molecular weight is 192 g/mol. The van der Waals surface area contributed by atoms with Crippen LogP contribution in [0.3, 0.4) is 0 Å². The highest BCUT2D eigenvalue weighted by Crippen LogP contribution is 2.11. The Morgan fingerprint density at radius 3 is 2.21 bits per heavy atom. The zero-order valence-electron chi connectivity index (χ0n) is 8.86. The lowest BCUT2D eigenvalue weighted by molar-refractivity contribution is -0.0740. The average Bonchev–Trinajstić information content (AvgIpc) is 2.21. The van der Waals surface area contributed by atoms with E-state index in [0.29, 0.717) is 0 Å². The first kappa shape index (κ1) is 11.0. The maximum Gasteiger partial charge on any atom is 0.179 e. The fourth-order valence-electron chi connectivity index (χ4n) is 1.35. The van der Waals surface area contributed by atoms with Gasteiger partial charge in [-0.3, -0.25) is 0 Å². The smallest absolute Gasteiger partial charge is 0.179 e. The van der Waals surface area contributed by atoms with Gasteiger partial charge in [-0.25, -0.2) is 0 Å². The van der Waals surface area contributed by atoms with Crippen LogP contribution in [-0.2, 0) is 9.47 Å². The molecule has 0 radical (unpaired) electrons. The Hall–Kier alpha value is -1.12. The quantitative estimate of drug-likeness (QED) is 0.683. The van der Waals surface area contributed by atoms with E-state index in [2.05, 4.69) is 6.08 Å². The van der Waals surface area contributed by atoms with Crippen molar-refractivity contribution in [2.45, 2.75) is 13.2 Å². The van der Waals surface area contributed by atoms with Crippen LogP contribution in [0.5, 0.6) is 0 Å². The van der Waals surface area contributed by atoms with Crippen LogP contribution in [0.25, 0.3) is 6.08 Å². The molecule has 0 saturated heterocycles. The van der Waals surface area contributed by atoms with Gasteiger partial charge in [0.2, 0.25) is 0 Å². The van der Waals surface area contributed by atoms with Crippen molar-refractivity contribution in [1.82, 2.24) is 0 Å². The lowest BCUT2D eigenvalue weighted by Gasteiger charge is -2.13. The molecule has 0 bridgehead atoms. The van der Waals surface area contributed by atoms with E-state index in [4.69, 9.17) is 9.47 Å². The molecule has 0 aliphatic carbocycles. The van der Waals surface area contributed by atoms with Crippen LogP contribution < -0.4 is 0 Å². The monoisotopic (exact) mass is 192 g/mol. The Morgan fingerprint density at radius 1 is 1.14 bits per heavy atom. The minimum Gasteiger partial charge on any atom is -0.352 e. The fourth-order valence-corrected chi connectivity index (χ4v) is 1.35. The summed E-state index contributed by atoms with van der Waals surface area (Å²) in [5.74, 6) is 0. The third kappa shape index (κ3) is 2.98. The first-order chi connectivity index (χ1) is 6.77. The second-order valence-corrected chi connectivity index (χ2v) is 3.10. The number of methoxy groups -OCH3 is 2. The first-order valence-corrected chi connectivity index (χ1v) is 4.56. The molecule has 0 amide bonds. The SMILES string of the molecule is COC(OC)/C(C)=C/c1ccccc1. The lowest BCUT2D eigenvalue weighted by Crippen LogP contribution is -2.13. The second-order valence-electron chi connectivity index (χ2n) is 3.10. The van der Waals surface area contributed by atoms with Crippen molar-refractivity contribution in [3.05, 3.63) is 41.5 Å². The number of rotatable bonds is 4. The highest BCUT2D eigenvalue weighted by molar-refractivity contribution is 5.52. The van der Waals surface area contributed by atoms with Crippen LogP contribution in [0, 0.1) is 0 Å². The molecule has 0 unspecified atom stereocenters. The molecule has 14 heavy (non-hydrogen) atoms. The summed E-state index contributed by atoms with van der Waals surface area (Å²) < 4.78 is 10.3. The van der Waals surface area contributed by atoms with Gasteiger partial charge in [0.25, 0.3) is 0 Å². The van der Waals surface area contributed by atoms with E-state index in [1.54, 1.807) is 14.2 Å². The molecule has 0 spiro atoms. The predicted molar refractivity (Wildman–Crippen MR) is 57.9 cm³/mol. The van der Waals surface area contributed by atoms with Gasteiger partial charge >= 0.3 is 0 Å². The molecule has 2 heteroatoms. The number of hydrogen-bond donors (Lipinski definition) is 0. The standard InChI is InChI=1S/C12H16O2/c1-10(12(13-2)14-3)9-11-7-5-4-6-8-11/h4-9,12H,1-3H3/b10-9+. The van der Waals surface area contributed by atoms with Crippen LogP contribution in [-0.4, -0.2) is 20.5 Å². The largest absolute Gasteiger partial charge is 0.352 e. The molecule has 0 atom stereocenters. The molecular formula is C12H16O2. The molecule has 0 aliphatic heterocycles. The van der Waals surface area contributed by atoms with E-state index in [1.165, 1.54) is 0 Å². The fraction of sp³-hybridized carbons (Fsp3) is 0.333. The Labute approximate surface area is 85.2 Å². The van der Waals surface area contributed by atoms with Crippen LogP contribution in [0.1, 0.15) is 12.5 Å².